The number of nitrogens with one attached hydrogen (secondary N) is 1. The summed E-state index contributed by atoms with van der Waals surface area (Å²) in [5.41, 5.74) is 2.54. The number of hydrogen-bond acceptors (Lipinski definition) is 12. The molecule has 2 aliphatic rings. The Bertz CT molecular complexity index is 1860. The smallest absolute Gasteiger partial charge is 0.323 e. The van der Waals surface area contributed by atoms with Crippen LogP contribution in [0.25, 0.3) is 21.9 Å². The fourth-order valence-corrected chi connectivity index (χ4v) is 8.89. The van der Waals surface area contributed by atoms with Crippen LogP contribution in [0.15, 0.2) is 48.8 Å². The van der Waals surface area contributed by atoms with E-state index in [9.17, 15) is 9.90 Å². The number of nitrogen functional groups attached to an aromatic ring is 1. The van der Waals surface area contributed by atoms with Crippen molar-refractivity contribution < 1.29 is 32.8 Å². The van der Waals surface area contributed by atoms with Crippen LogP contribution in [0.1, 0.15) is 27.0 Å². The Kier molecular flexibility index (Phi) is 8.41. The van der Waals surface area contributed by atoms with Gasteiger partial charge in [0, 0.05) is 19.5 Å². The summed E-state index contributed by atoms with van der Waals surface area (Å²) in [5.74, 6) is -0.210. The van der Waals surface area contributed by atoms with E-state index in [4.69, 9.17) is 47.7 Å². The zero-order valence-electron chi connectivity index (χ0n) is 25.6. The van der Waals surface area contributed by atoms with Gasteiger partial charge < -0.3 is 29.7 Å². The highest BCUT2D eigenvalue weighted by molar-refractivity contribution is 8.09. The molecule has 246 valence electrons. The Morgan fingerprint density at radius 3 is 2.65 bits per heavy atom. The van der Waals surface area contributed by atoms with Crippen molar-refractivity contribution in [3.8, 4) is 5.75 Å². The van der Waals surface area contributed by atoms with Gasteiger partial charge >= 0.3 is 12.6 Å². The van der Waals surface area contributed by atoms with E-state index >= 15 is 4.39 Å². The van der Waals surface area contributed by atoms with Crippen molar-refractivity contribution in [2.75, 3.05) is 30.6 Å². The summed E-state index contributed by atoms with van der Waals surface area (Å²) in [4.78, 5) is 27.3. The molecule has 7 atom stereocenters. The molecule has 0 bridgehead atoms. The van der Waals surface area contributed by atoms with Crippen LogP contribution in [0, 0.1) is 0 Å². The molecule has 13 nitrogen and oxygen atoms in total. The predicted octanol–water partition coefficient (Wildman–Crippen LogP) is 3.84. The van der Waals surface area contributed by atoms with Gasteiger partial charge in [0.1, 0.15) is 23.5 Å². The molecule has 2 fully saturated rings. The van der Waals surface area contributed by atoms with Crippen molar-refractivity contribution >= 4 is 69.7 Å². The quantitative estimate of drug-likeness (QED) is 0.118. The normalized spacial score (nSPS) is 27.4. The molecule has 0 spiro atoms. The van der Waals surface area contributed by atoms with E-state index in [1.165, 1.54) is 10.9 Å². The second kappa shape index (κ2) is 11.8. The van der Waals surface area contributed by atoms with Crippen LogP contribution >= 0.6 is 18.2 Å². The molecule has 0 amide bonds. The van der Waals surface area contributed by atoms with Crippen LogP contribution in [0.5, 0.6) is 5.75 Å². The highest BCUT2D eigenvalue weighted by atomic mass is 35.5. The number of nitrogens with zero attached hydrogens (tertiary/aromatic N) is 5. The number of alkyl halides is 2. The van der Waals surface area contributed by atoms with Gasteiger partial charge in [-0.15, -0.1) is 11.6 Å². The van der Waals surface area contributed by atoms with E-state index in [1.807, 2.05) is 30.3 Å². The first-order chi connectivity index (χ1) is 21.7. The molecule has 46 heavy (non-hydrogen) atoms. The average molecular weight is 694 g/mol. The highest BCUT2D eigenvalue weighted by Gasteiger charge is 2.89. The van der Waals surface area contributed by atoms with E-state index in [0.29, 0.717) is 17.1 Å². The van der Waals surface area contributed by atoms with Crippen LogP contribution in [0.2, 0.25) is 0 Å². The summed E-state index contributed by atoms with van der Waals surface area (Å²) < 4.78 is 42.0. The molecule has 3 heterocycles. The lowest BCUT2D eigenvalue weighted by molar-refractivity contribution is -0.149. The van der Waals surface area contributed by atoms with Crippen LogP contribution in [0.4, 0.5) is 16.2 Å². The number of ether oxygens (including phenoxy) is 2. The number of halogens is 2. The molecule has 6 rings (SSSR count). The zero-order chi connectivity index (χ0) is 33.2. The first-order valence-electron chi connectivity index (χ1n) is 14.5. The lowest BCUT2D eigenvalue weighted by Crippen LogP contribution is -2.38. The minimum atomic E-state index is -3.76. The maximum atomic E-state index is 16.5. The van der Waals surface area contributed by atoms with Crippen molar-refractivity contribution in [3.05, 3.63) is 48.8 Å². The number of nitrogens with two attached hydrogens (primary N) is 1. The maximum Gasteiger partial charge on any atom is 0.323 e. The molecule has 4 N–H and O–H groups in total. The number of aromatic nitrogens is 4. The molecule has 1 saturated heterocycles. The van der Waals surface area contributed by atoms with Crippen LogP contribution in [0.3, 0.4) is 0 Å². The molecular formula is C29H34ClFN7O6PS. The lowest BCUT2D eigenvalue weighted by atomic mass is 10.1. The van der Waals surface area contributed by atoms with E-state index < -0.39 is 48.4 Å². The highest BCUT2D eigenvalue weighted by Crippen LogP contribution is 2.69. The van der Waals surface area contributed by atoms with Crippen molar-refractivity contribution in [2.45, 2.75) is 62.6 Å². The summed E-state index contributed by atoms with van der Waals surface area (Å²) in [5, 5.41) is 16.4. The van der Waals surface area contributed by atoms with E-state index in [2.05, 4.69) is 20.0 Å². The summed E-state index contributed by atoms with van der Waals surface area (Å²) in [6.45, 7) is 1.22. The summed E-state index contributed by atoms with van der Waals surface area (Å²) in [6.07, 6.45) is -3.87. The molecular weight excluding hydrogens is 660 g/mol. The Morgan fingerprint density at radius 1 is 1.26 bits per heavy atom. The number of carbonyl (C=O) groups excluding carboxylic acids is 1. The van der Waals surface area contributed by atoms with E-state index in [0.717, 1.165) is 10.8 Å². The Balaban J connectivity index is 1.33. The zero-order valence-corrected chi connectivity index (χ0v) is 28.1. The summed E-state index contributed by atoms with van der Waals surface area (Å²) in [7, 11) is 3.52. The van der Waals surface area contributed by atoms with Gasteiger partial charge in [0.05, 0.1) is 18.3 Å². The molecule has 1 saturated carbocycles. The second-order valence-electron chi connectivity index (χ2n) is 11.8. The number of esters is 1. The second-order valence-corrected chi connectivity index (χ2v) is 15.1. The molecule has 0 radical (unpaired) electrons. The topological polar surface area (TPSA) is 159 Å². The van der Waals surface area contributed by atoms with Gasteiger partial charge in [-0.05, 0) is 44.0 Å². The van der Waals surface area contributed by atoms with Crippen molar-refractivity contribution in [1.29, 1.82) is 0 Å². The number of anilines is 2. The third-order valence-corrected chi connectivity index (χ3v) is 10.8. The van der Waals surface area contributed by atoms with Gasteiger partial charge in [-0.3, -0.25) is 13.9 Å². The molecule has 1 aliphatic carbocycles. The number of imidazole rings is 1. The van der Waals surface area contributed by atoms with Gasteiger partial charge in [-0.1, -0.05) is 36.4 Å². The first kappa shape index (κ1) is 32.8. The molecule has 4 aromatic rings. The number of aliphatic hydroxyl groups is 1. The minimum Gasteiger partial charge on any atom is -0.462 e. The van der Waals surface area contributed by atoms with Gasteiger partial charge in [0.15, 0.2) is 35.0 Å². The largest absolute Gasteiger partial charge is 0.462 e. The van der Waals surface area contributed by atoms with Gasteiger partial charge in [-0.25, -0.2) is 14.5 Å². The SMILES string of the molecule is CC(C)OC(=O)[C@@H](C)N[P@](=S)(Oc1cccc2ccccc12)OC1[C@@]2(CCl)O[C@@H](n3cnc4c(N(C)C)nc(N)nc43)[C@@H](F)[C@@]12O. The monoisotopic (exact) mass is 693 g/mol. The fourth-order valence-electron chi connectivity index (χ4n) is 5.74. The third kappa shape index (κ3) is 5.27. The minimum absolute atomic E-state index is 0.0500. The molecule has 2 aromatic carbocycles. The molecule has 1 aliphatic heterocycles. The van der Waals surface area contributed by atoms with Crippen LogP contribution < -0.4 is 20.2 Å². The Morgan fingerprint density at radius 2 is 1.98 bits per heavy atom. The maximum absolute atomic E-state index is 16.5. The van der Waals surface area contributed by atoms with E-state index in [-0.39, 0.29) is 23.6 Å². The van der Waals surface area contributed by atoms with Gasteiger partial charge in [0.25, 0.3) is 0 Å². The molecule has 1 unspecified atom stereocenters. The number of rotatable bonds is 11. The standard InChI is InChI=1S/C29H34ClFN7O6PS/c1-15(2)41-25(39)16(3)36-45(46,43-19-12-8-10-17-9-6-7-11-18(17)19)44-26-28(13-30)29(26,40)21(31)24(42-28)38-14-33-20-22(37(4)5)34-27(32)35-23(20)38/h6-12,14-16,21,24,26,40H,13H2,1-5H3,(H,36,46)(H2,32,34,35)/t16-,21-,24-,26?,28-,29-,45+/m1/s1. The summed E-state index contributed by atoms with van der Waals surface area (Å²) in [6, 6.07) is 11.9. The predicted molar refractivity (Wildman–Crippen MR) is 175 cm³/mol. The van der Waals surface area contributed by atoms with Gasteiger partial charge in [0.2, 0.25) is 5.95 Å². The third-order valence-electron chi connectivity index (χ3n) is 8.01. The lowest BCUT2D eigenvalue weighted by Gasteiger charge is -2.30. The number of benzene rings is 2. The number of fused-ring (bicyclic) bond motifs is 3. The summed E-state index contributed by atoms with van der Waals surface area (Å²) >= 11 is 12.3. The fraction of sp³-hybridized carbons (Fsp3) is 0.448. The van der Waals surface area contributed by atoms with Gasteiger partial charge in [-0.2, -0.15) is 9.97 Å². The first-order valence-corrected chi connectivity index (χ1v) is 17.6. The van der Waals surface area contributed by atoms with Crippen LogP contribution in [-0.2, 0) is 30.6 Å². The van der Waals surface area contributed by atoms with Crippen LogP contribution in [-0.4, -0.2) is 86.2 Å². The Hall–Kier alpha value is -3.17. The van der Waals surface area contributed by atoms with Crippen molar-refractivity contribution in [2.24, 2.45) is 0 Å². The number of carbonyl (C=O) groups is 1. The molecule has 2 aromatic heterocycles. The van der Waals surface area contributed by atoms with Crippen molar-refractivity contribution in [3.63, 3.8) is 0 Å². The Labute approximate surface area is 274 Å². The van der Waals surface area contributed by atoms with Crippen molar-refractivity contribution in [1.82, 2.24) is 24.6 Å². The van der Waals surface area contributed by atoms with E-state index in [1.54, 1.807) is 51.9 Å². The average Bonchev–Trinajstić information content (AvgIpc) is 3.23. The number of hydrogen-bond donors (Lipinski definition) is 3. The molecule has 17 heteroatoms.